The number of hydrogen-bond donors (Lipinski definition) is 0. The molecule has 5 heteroatoms. The van der Waals surface area contributed by atoms with Gasteiger partial charge in [-0.05, 0) is 20.3 Å². The van der Waals surface area contributed by atoms with E-state index in [0.29, 0.717) is 19.6 Å². The minimum Gasteiger partial charge on any atom is -0.309 e. The van der Waals surface area contributed by atoms with Gasteiger partial charge in [0, 0.05) is 12.8 Å². The maximum Gasteiger partial charge on any atom is 0.331 e. The topological polar surface area (TPSA) is 52.6 Å². The number of hydrogen-bond acceptors (Lipinski definition) is 4. The minimum absolute atomic E-state index is 0.122. The summed E-state index contributed by atoms with van der Waals surface area (Å²) in [4.78, 5) is 11.3. The lowest BCUT2D eigenvalue weighted by Gasteiger charge is -2.16. The fourth-order valence-corrected chi connectivity index (χ4v) is 2.87. The Kier molecular flexibility index (Phi) is 7.93. The molecule has 0 radical (unpaired) electrons. The molecule has 15 heavy (non-hydrogen) atoms. The van der Waals surface area contributed by atoms with Gasteiger partial charge >= 0.3 is 7.60 Å². The van der Waals surface area contributed by atoms with Crippen molar-refractivity contribution in [2.45, 2.75) is 40.0 Å². The van der Waals surface area contributed by atoms with Crippen LogP contribution in [0.4, 0.5) is 0 Å². The van der Waals surface area contributed by atoms with Crippen LogP contribution < -0.4 is 0 Å². The summed E-state index contributed by atoms with van der Waals surface area (Å²) in [6.45, 7) is 6.17. The molecule has 0 heterocycles. The molecule has 0 amide bonds. The zero-order valence-corrected chi connectivity index (χ0v) is 10.7. The van der Waals surface area contributed by atoms with E-state index in [-0.39, 0.29) is 18.4 Å². The van der Waals surface area contributed by atoms with Crippen molar-refractivity contribution < 1.29 is 18.4 Å². The fourth-order valence-electron chi connectivity index (χ4n) is 1.23. The first kappa shape index (κ1) is 14.8. The Morgan fingerprint density at radius 1 is 1.07 bits per heavy atom. The summed E-state index contributed by atoms with van der Waals surface area (Å²) in [7, 11) is -3.02. The first-order chi connectivity index (χ1) is 7.08. The van der Waals surface area contributed by atoms with Crippen LogP contribution in [0.5, 0.6) is 0 Å². The summed E-state index contributed by atoms with van der Waals surface area (Å²) in [5.74, 6) is 0.122. The van der Waals surface area contributed by atoms with Gasteiger partial charge in [-0.3, -0.25) is 9.36 Å². The van der Waals surface area contributed by atoms with Crippen LogP contribution >= 0.6 is 7.60 Å². The Morgan fingerprint density at radius 2 is 1.60 bits per heavy atom. The maximum atomic E-state index is 11.9. The lowest BCUT2D eigenvalue weighted by atomic mass is 10.2. The molecular formula is C10H21O4P. The van der Waals surface area contributed by atoms with Crippen LogP contribution in [0.1, 0.15) is 40.0 Å². The molecule has 4 nitrogen and oxygen atoms in total. The van der Waals surface area contributed by atoms with Gasteiger partial charge in [0.15, 0.2) is 0 Å². The highest BCUT2D eigenvalue weighted by Crippen LogP contribution is 2.48. The van der Waals surface area contributed by atoms with Crippen LogP contribution in [0, 0.1) is 0 Å². The van der Waals surface area contributed by atoms with Gasteiger partial charge in [-0.2, -0.15) is 0 Å². The van der Waals surface area contributed by atoms with Crippen LogP contribution in [0.2, 0.25) is 0 Å². The molecule has 0 fully saturated rings. The van der Waals surface area contributed by atoms with Crippen molar-refractivity contribution in [3.05, 3.63) is 0 Å². The molecule has 0 N–H and O–H groups in total. The van der Waals surface area contributed by atoms with Gasteiger partial charge in [-0.25, -0.2) is 0 Å². The van der Waals surface area contributed by atoms with Gasteiger partial charge in [0.05, 0.1) is 19.4 Å². The van der Waals surface area contributed by atoms with Gasteiger partial charge in [0.1, 0.15) is 5.78 Å². The third-order valence-electron chi connectivity index (χ3n) is 1.84. The van der Waals surface area contributed by atoms with Crippen LogP contribution in [0.25, 0.3) is 0 Å². The number of carbonyl (C=O) groups is 1. The van der Waals surface area contributed by atoms with E-state index in [1.54, 1.807) is 13.8 Å². The van der Waals surface area contributed by atoms with Gasteiger partial charge < -0.3 is 9.05 Å². The van der Waals surface area contributed by atoms with Gasteiger partial charge in [-0.15, -0.1) is 0 Å². The molecule has 0 bridgehead atoms. The molecule has 0 aromatic carbocycles. The Labute approximate surface area is 91.9 Å². The normalized spacial score (nSPS) is 11.7. The van der Waals surface area contributed by atoms with E-state index >= 15 is 0 Å². The van der Waals surface area contributed by atoms with E-state index in [9.17, 15) is 9.36 Å². The fraction of sp³-hybridized carbons (Fsp3) is 0.900. The molecule has 0 aliphatic rings. The van der Waals surface area contributed by atoms with Crippen molar-refractivity contribution in [1.82, 2.24) is 0 Å². The standard InChI is InChI=1S/C10H21O4P/c1-4-7-10(11)8-9-15(12,13-5-2)14-6-3/h4-9H2,1-3H3. The Balaban J connectivity index is 4.06. The van der Waals surface area contributed by atoms with E-state index in [1.165, 1.54) is 0 Å². The summed E-state index contributed by atoms with van der Waals surface area (Å²) in [6.07, 6.45) is 1.85. The minimum atomic E-state index is -3.02. The zero-order valence-electron chi connectivity index (χ0n) is 9.82. The summed E-state index contributed by atoms with van der Waals surface area (Å²) in [6, 6.07) is 0. The lowest BCUT2D eigenvalue weighted by molar-refractivity contribution is -0.118. The van der Waals surface area contributed by atoms with Gasteiger partial charge in [-0.1, -0.05) is 6.92 Å². The van der Waals surface area contributed by atoms with E-state index in [0.717, 1.165) is 6.42 Å². The van der Waals surface area contributed by atoms with Crippen molar-refractivity contribution in [3.8, 4) is 0 Å². The van der Waals surface area contributed by atoms with Gasteiger partial charge in [0.25, 0.3) is 0 Å². The second kappa shape index (κ2) is 8.03. The Bertz CT molecular complexity index is 217. The molecule has 0 aliphatic heterocycles. The number of Topliss-reactive ketones (excluding diaryl/α,β-unsaturated/α-hetero) is 1. The second-order valence-corrected chi connectivity index (χ2v) is 5.39. The Hall–Kier alpha value is -0.180. The number of carbonyl (C=O) groups excluding carboxylic acids is 1. The average Bonchev–Trinajstić information content (AvgIpc) is 2.16. The highest BCUT2D eigenvalue weighted by Gasteiger charge is 2.23. The van der Waals surface area contributed by atoms with E-state index in [2.05, 4.69) is 0 Å². The average molecular weight is 236 g/mol. The predicted octanol–water partition coefficient (Wildman–Crippen LogP) is 3.01. The predicted molar refractivity (Wildman–Crippen MR) is 60.3 cm³/mol. The summed E-state index contributed by atoms with van der Waals surface area (Å²) >= 11 is 0. The molecule has 0 rings (SSSR count). The molecule has 0 spiro atoms. The first-order valence-corrected chi connectivity index (χ1v) is 7.20. The highest BCUT2D eigenvalue weighted by atomic mass is 31.2. The summed E-state index contributed by atoms with van der Waals surface area (Å²) < 4.78 is 22.1. The third kappa shape index (κ3) is 6.82. The lowest BCUT2D eigenvalue weighted by Crippen LogP contribution is -2.05. The van der Waals surface area contributed by atoms with Crippen molar-refractivity contribution >= 4 is 13.4 Å². The molecule has 0 saturated heterocycles. The van der Waals surface area contributed by atoms with E-state index in [1.807, 2.05) is 6.92 Å². The van der Waals surface area contributed by atoms with Gasteiger partial charge in [0.2, 0.25) is 0 Å². The molecule has 0 aromatic rings. The maximum absolute atomic E-state index is 11.9. The van der Waals surface area contributed by atoms with Crippen LogP contribution in [-0.4, -0.2) is 25.2 Å². The molecule has 0 aliphatic carbocycles. The van der Waals surface area contributed by atoms with Crippen LogP contribution in [0.3, 0.4) is 0 Å². The SMILES string of the molecule is CCCC(=O)CCP(=O)(OCC)OCC. The summed E-state index contributed by atoms with van der Waals surface area (Å²) in [5.41, 5.74) is 0. The second-order valence-electron chi connectivity index (χ2n) is 3.21. The van der Waals surface area contributed by atoms with Crippen molar-refractivity contribution in [2.24, 2.45) is 0 Å². The molecular weight excluding hydrogens is 215 g/mol. The molecule has 0 aromatic heterocycles. The highest BCUT2D eigenvalue weighted by molar-refractivity contribution is 7.53. The van der Waals surface area contributed by atoms with Crippen LogP contribution in [0.15, 0.2) is 0 Å². The number of ketones is 1. The smallest absolute Gasteiger partial charge is 0.309 e. The van der Waals surface area contributed by atoms with E-state index < -0.39 is 7.60 Å². The quantitative estimate of drug-likeness (QED) is 0.577. The molecule has 0 atom stereocenters. The Morgan fingerprint density at radius 3 is 2.00 bits per heavy atom. The number of rotatable bonds is 9. The monoisotopic (exact) mass is 236 g/mol. The van der Waals surface area contributed by atoms with Crippen molar-refractivity contribution in [1.29, 1.82) is 0 Å². The van der Waals surface area contributed by atoms with Crippen LogP contribution in [-0.2, 0) is 18.4 Å². The third-order valence-corrected chi connectivity index (χ3v) is 3.92. The molecule has 0 saturated carbocycles. The van der Waals surface area contributed by atoms with Crippen molar-refractivity contribution in [3.63, 3.8) is 0 Å². The van der Waals surface area contributed by atoms with Crippen molar-refractivity contribution in [2.75, 3.05) is 19.4 Å². The molecule has 90 valence electrons. The molecule has 0 unspecified atom stereocenters. The van der Waals surface area contributed by atoms with E-state index in [4.69, 9.17) is 9.05 Å². The zero-order chi connectivity index (χ0) is 11.7. The first-order valence-electron chi connectivity index (χ1n) is 5.47. The largest absolute Gasteiger partial charge is 0.331 e. The summed E-state index contributed by atoms with van der Waals surface area (Å²) in [5, 5.41) is 0.